The number of H-pyrrole nitrogens is 1. The smallest absolute Gasteiger partial charge is 0.261 e. The van der Waals surface area contributed by atoms with Gasteiger partial charge in [0, 0.05) is 27.1 Å². The van der Waals surface area contributed by atoms with Crippen molar-refractivity contribution >= 4 is 40.0 Å². The monoisotopic (exact) mass is 406 g/mol. The summed E-state index contributed by atoms with van der Waals surface area (Å²) in [4.78, 5) is 15.7. The molecule has 0 spiro atoms. The molecule has 0 saturated heterocycles. The van der Waals surface area contributed by atoms with E-state index in [4.69, 9.17) is 27.9 Å². The number of aromatic nitrogens is 1. The molecule has 5 nitrogen and oxygen atoms in total. The van der Waals surface area contributed by atoms with Crippen molar-refractivity contribution in [3.8, 4) is 5.75 Å². The Bertz CT molecular complexity index is 922. The first-order chi connectivity index (χ1) is 13.0. The molecule has 0 fully saturated rings. The highest BCUT2D eigenvalue weighted by molar-refractivity contribution is 6.34. The number of benzene rings is 2. The number of carbonyl (C=O) groups excluding carboxylic acids is 1. The number of aliphatic hydroxyl groups excluding tert-OH is 1. The molecule has 0 saturated carbocycles. The second kappa shape index (κ2) is 8.65. The van der Waals surface area contributed by atoms with E-state index in [0.717, 1.165) is 16.5 Å². The molecule has 2 atom stereocenters. The van der Waals surface area contributed by atoms with Gasteiger partial charge in [0.05, 0.1) is 12.6 Å². The lowest BCUT2D eigenvalue weighted by Crippen LogP contribution is -2.45. The Morgan fingerprint density at radius 2 is 1.93 bits per heavy atom. The molecule has 142 valence electrons. The fourth-order valence-electron chi connectivity index (χ4n) is 2.90. The maximum Gasteiger partial charge on any atom is 0.261 e. The summed E-state index contributed by atoms with van der Waals surface area (Å²) < 4.78 is 5.62. The van der Waals surface area contributed by atoms with E-state index in [9.17, 15) is 9.90 Å². The minimum absolute atomic E-state index is 0.180. The zero-order valence-corrected chi connectivity index (χ0v) is 16.2. The topological polar surface area (TPSA) is 74.3 Å². The second-order valence-electron chi connectivity index (χ2n) is 6.32. The van der Waals surface area contributed by atoms with E-state index in [2.05, 4.69) is 10.3 Å². The number of nitrogens with one attached hydrogen (secondary N) is 2. The molecular formula is C20H20Cl2N2O3. The van der Waals surface area contributed by atoms with Gasteiger partial charge in [0.2, 0.25) is 0 Å². The van der Waals surface area contributed by atoms with Crippen LogP contribution in [0.15, 0.2) is 48.7 Å². The number of aromatic amines is 1. The molecule has 3 aromatic rings. The van der Waals surface area contributed by atoms with Crippen LogP contribution in [0.1, 0.15) is 12.5 Å². The maximum atomic E-state index is 12.5. The first-order valence-corrected chi connectivity index (χ1v) is 9.31. The first-order valence-electron chi connectivity index (χ1n) is 8.55. The standard InChI is InChI=1S/C20H20Cl2N2O3/c1-12(27-17-8-14(21)7-15(22)9-17)20(26)24-16(11-25)6-13-10-23-19-5-3-2-4-18(13)19/h2-5,7-10,12,16,23,25H,6,11H2,1H3,(H,24,26). The van der Waals surface area contributed by atoms with Gasteiger partial charge in [-0.15, -0.1) is 0 Å². The molecule has 0 aliphatic heterocycles. The van der Waals surface area contributed by atoms with Crippen molar-refractivity contribution in [3.05, 3.63) is 64.3 Å². The maximum absolute atomic E-state index is 12.5. The number of amides is 1. The lowest BCUT2D eigenvalue weighted by atomic mass is 10.1. The summed E-state index contributed by atoms with van der Waals surface area (Å²) in [5, 5.41) is 14.4. The molecule has 0 aliphatic carbocycles. The Hall–Kier alpha value is -2.21. The van der Waals surface area contributed by atoms with Crippen molar-refractivity contribution in [3.63, 3.8) is 0 Å². The van der Waals surface area contributed by atoms with Crippen LogP contribution in [0.2, 0.25) is 10.0 Å². The van der Waals surface area contributed by atoms with Crippen LogP contribution in [0.3, 0.4) is 0 Å². The highest BCUT2D eigenvalue weighted by Gasteiger charge is 2.20. The normalized spacial score (nSPS) is 13.3. The van der Waals surface area contributed by atoms with E-state index in [1.165, 1.54) is 0 Å². The van der Waals surface area contributed by atoms with Crippen molar-refractivity contribution in [1.29, 1.82) is 0 Å². The fraction of sp³-hybridized carbons (Fsp3) is 0.250. The van der Waals surface area contributed by atoms with Gasteiger partial charge in [-0.2, -0.15) is 0 Å². The van der Waals surface area contributed by atoms with E-state index in [1.54, 1.807) is 25.1 Å². The number of hydrogen-bond donors (Lipinski definition) is 3. The average Bonchev–Trinajstić information content (AvgIpc) is 3.03. The van der Waals surface area contributed by atoms with E-state index < -0.39 is 12.1 Å². The molecule has 0 radical (unpaired) electrons. The molecule has 3 rings (SSSR count). The summed E-state index contributed by atoms with van der Waals surface area (Å²) in [6.07, 6.45) is 1.63. The fourth-order valence-corrected chi connectivity index (χ4v) is 3.41. The van der Waals surface area contributed by atoms with Crippen molar-refractivity contribution in [2.24, 2.45) is 0 Å². The van der Waals surface area contributed by atoms with Gasteiger partial charge in [0.25, 0.3) is 5.91 Å². The number of hydrogen-bond acceptors (Lipinski definition) is 3. The van der Waals surface area contributed by atoms with Crippen molar-refractivity contribution in [2.45, 2.75) is 25.5 Å². The van der Waals surface area contributed by atoms with Gasteiger partial charge in [-0.05, 0) is 43.2 Å². The highest BCUT2D eigenvalue weighted by Crippen LogP contribution is 2.25. The number of halogens is 2. The summed E-state index contributed by atoms with van der Waals surface area (Å²) in [6.45, 7) is 1.45. The van der Waals surface area contributed by atoms with Crippen LogP contribution in [-0.4, -0.2) is 34.8 Å². The summed E-state index contributed by atoms with van der Waals surface area (Å²) in [7, 11) is 0. The third-order valence-corrected chi connectivity index (χ3v) is 4.66. The van der Waals surface area contributed by atoms with Crippen LogP contribution in [-0.2, 0) is 11.2 Å². The molecule has 0 aliphatic rings. The molecular weight excluding hydrogens is 387 g/mol. The largest absolute Gasteiger partial charge is 0.481 e. The van der Waals surface area contributed by atoms with E-state index >= 15 is 0 Å². The van der Waals surface area contributed by atoms with Gasteiger partial charge >= 0.3 is 0 Å². The number of carbonyl (C=O) groups is 1. The number of aliphatic hydroxyl groups is 1. The Balaban J connectivity index is 1.63. The van der Waals surface area contributed by atoms with Gasteiger partial charge < -0.3 is 20.1 Å². The Labute approximate surface area is 167 Å². The third kappa shape index (κ3) is 4.95. The molecule has 1 heterocycles. The molecule has 27 heavy (non-hydrogen) atoms. The lowest BCUT2D eigenvalue weighted by Gasteiger charge is -2.20. The molecule has 2 aromatic carbocycles. The Morgan fingerprint density at radius 3 is 2.63 bits per heavy atom. The molecule has 1 amide bonds. The molecule has 0 bridgehead atoms. The number of fused-ring (bicyclic) bond motifs is 1. The van der Waals surface area contributed by atoms with Crippen molar-refractivity contribution in [2.75, 3.05) is 6.61 Å². The van der Waals surface area contributed by atoms with E-state index in [1.807, 2.05) is 30.5 Å². The van der Waals surface area contributed by atoms with Gasteiger partial charge in [-0.3, -0.25) is 4.79 Å². The van der Waals surface area contributed by atoms with Crippen LogP contribution in [0.25, 0.3) is 10.9 Å². The van der Waals surface area contributed by atoms with Crippen LogP contribution in [0, 0.1) is 0 Å². The third-order valence-electron chi connectivity index (χ3n) is 4.23. The predicted octanol–water partition coefficient (Wildman–Crippen LogP) is 3.96. The van der Waals surface area contributed by atoms with Gasteiger partial charge in [-0.1, -0.05) is 41.4 Å². The molecule has 7 heteroatoms. The highest BCUT2D eigenvalue weighted by atomic mass is 35.5. The predicted molar refractivity (Wildman–Crippen MR) is 108 cm³/mol. The van der Waals surface area contributed by atoms with Gasteiger partial charge in [0.15, 0.2) is 6.10 Å². The van der Waals surface area contributed by atoms with Crippen molar-refractivity contribution < 1.29 is 14.6 Å². The minimum atomic E-state index is -0.767. The molecule has 3 N–H and O–H groups in total. The van der Waals surface area contributed by atoms with Crippen LogP contribution in [0.5, 0.6) is 5.75 Å². The average molecular weight is 407 g/mol. The number of ether oxygens (including phenoxy) is 1. The molecule has 1 aromatic heterocycles. The van der Waals surface area contributed by atoms with Crippen molar-refractivity contribution in [1.82, 2.24) is 10.3 Å². The zero-order chi connectivity index (χ0) is 19.4. The summed E-state index contributed by atoms with van der Waals surface area (Å²) in [6, 6.07) is 12.2. The van der Waals surface area contributed by atoms with E-state index in [0.29, 0.717) is 22.2 Å². The van der Waals surface area contributed by atoms with Crippen LogP contribution >= 0.6 is 23.2 Å². The van der Waals surface area contributed by atoms with E-state index in [-0.39, 0.29) is 12.5 Å². The second-order valence-corrected chi connectivity index (χ2v) is 7.19. The van der Waals surface area contributed by atoms with Gasteiger partial charge in [-0.25, -0.2) is 0 Å². The number of rotatable bonds is 7. The Kier molecular flexibility index (Phi) is 6.26. The van der Waals surface area contributed by atoms with Crippen LogP contribution < -0.4 is 10.1 Å². The summed E-state index contributed by atoms with van der Waals surface area (Å²) in [5.74, 6) is 0.0808. The zero-order valence-electron chi connectivity index (χ0n) is 14.7. The minimum Gasteiger partial charge on any atom is -0.481 e. The molecule has 2 unspecified atom stereocenters. The number of para-hydroxylation sites is 1. The lowest BCUT2D eigenvalue weighted by molar-refractivity contribution is -0.128. The summed E-state index contributed by atoms with van der Waals surface area (Å²) >= 11 is 11.9. The van der Waals surface area contributed by atoms with Gasteiger partial charge in [0.1, 0.15) is 5.75 Å². The SMILES string of the molecule is CC(Oc1cc(Cl)cc(Cl)c1)C(=O)NC(CO)Cc1c[nH]c2ccccc12. The quantitative estimate of drug-likeness (QED) is 0.555. The summed E-state index contributed by atoms with van der Waals surface area (Å²) in [5.41, 5.74) is 2.05. The van der Waals surface area contributed by atoms with Crippen LogP contribution in [0.4, 0.5) is 0 Å². The first kappa shape index (κ1) is 19.5. The Morgan fingerprint density at radius 1 is 1.22 bits per heavy atom.